The molecule has 0 spiro atoms. The van der Waals surface area contributed by atoms with Crippen LogP contribution >= 0.6 is 0 Å². The number of aromatic nitrogens is 1. The van der Waals surface area contributed by atoms with Crippen molar-refractivity contribution >= 4 is 11.6 Å². The average Bonchev–Trinajstić information content (AvgIpc) is 2.64. The number of benzene rings is 1. The fourth-order valence-corrected chi connectivity index (χ4v) is 2.08. The van der Waals surface area contributed by atoms with Gasteiger partial charge in [-0.25, -0.2) is 4.98 Å². The Hall–Kier alpha value is -3.10. The van der Waals surface area contributed by atoms with E-state index in [-0.39, 0.29) is 18.2 Å². The van der Waals surface area contributed by atoms with Crippen LogP contribution in [0.25, 0.3) is 0 Å². The van der Waals surface area contributed by atoms with Crippen LogP contribution in [0, 0.1) is 0 Å². The first kappa shape index (κ1) is 19.2. The van der Waals surface area contributed by atoms with Crippen molar-refractivity contribution in [3.8, 4) is 5.88 Å². The van der Waals surface area contributed by atoms with Crippen molar-refractivity contribution in [1.29, 1.82) is 0 Å². The Bertz CT molecular complexity index is 790. The van der Waals surface area contributed by atoms with E-state index in [1.54, 1.807) is 24.3 Å². The van der Waals surface area contributed by atoms with Gasteiger partial charge in [0.25, 0.3) is 5.91 Å². The molecule has 0 atom stereocenters. The van der Waals surface area contributed by atoms with Crippen LogP contribution in [0.15, 0.2) is 47.8 Å². The van der Waals surface area contributed by atoms with Gasteiger partial charge in [-0.05, 0) is 11.6 Å². The summed E-state index contributed by atoms with van der Waals surface area (Å²) in [4.78, 5) is 20.3. The summed E-state index contributed by atoms with van der Waals surface area (Å²) in [5, 5.41) is 6.19. The summed E-state index contributed by atoms with van der Waals surface area (Å²) in [5.74, 6) is -0.426. The number of carbonyl (C=O) groups excluding carboxylic acids is 1. The van der Waals surface area contributed by atoms with Crippen LogP contribution < -0.4 is 10.1 Å². The maximum Gasteiger partial charge on any atom is 0.417 e. The number of likely N-dealkylation sites (N-methyl/N-ethyl adjacent to an activating group) is 1. The van der Waals surface area contributed by atoms with Crippen molar-refractivity contribution in [2.45, 2.75) is 12.8 Å². The Morgan fingerprint density at radius 1 is 1.23 bits per heavy atom. The Kier molecular flexibility index (Phi) is 6.16. The quantitative estimate of drug-likeness (QED) is 0.629. The summed E-state index contributed by atoms with van der Waals surface area (Å²) in [5.41, 5.74) is 0.253. The van der Waals surface area contributed by atoms with Gasteiger partial charge in [0.1, 0.15) is 13.7 Å². The zero-order chi connectivity index (χ0) is 19.2. The Labute approximate surface area is 147 Å². The number of alkyl halides is 3. The van der Waals surface area contributed by atoms with Gasteiger partial charge >= 0.3 is 6.18 Å². The normalized spacial score (nSPS) is 11.8. The van der Waals surface area contributed by atoms with Crippen molar-refractivity contribution in [1.82, 2.24) is 10.3 Å². The third-order valence-corrected chi connectivity index (χ3v) is 3.34. The molecule has 1 heterocycles. The summed E-state index contributed by atoms with van der Waals surface area (Å²) in [7, 11) is 2.77. The van der Waals surface area contributed by atoms with E-state index in [0.29, 0.717) is 17.3 Å². The first-order valence-corrected chi connectivity index (χ1v) is 7.44. The van der Waals surface area contributed by atoms with Crippen molar-refractivity contribution in [2.24, 2.45) is 5.16 Å². The first-order chi connectivity index (χ1) is 12.4. The van der Waals surface area contributed by atoms with Gasteiger partial charge in [-0.2, -0.15) is 13.2 Å². The highest BCUT2D eigenvalue weighted by Crippen LogP contribution is 2.29. The second-order valence-corrected chi connectivity index (χ2v) is 5.03. The molecule has 0 unspecified atom stereocenters. The van der Waals surface area contributed by atoms with Crippen molar-refractivity contribution in [3.63, 3.8) is 0 Å². The molecule has 0 fully saturated rings. The molecule has 0 aliphatic carbocycles. The summed E-state index contributed by atoms with van der Waals surface area (Å²) < 4.78 is 43.1. The fraction of sp³-hybridized carbons (Fsp3) is 0.235. The van der Waals surface area contributed by atoms with Crippen LogP contribution in [0.4, 0.5) is 13.2 Å². The molecule has 1 aromatic carbocycles. The van der Waals surface area contributed by atoms with E-state index >= 15 is 0 Å². The van der Waals surface area contributed by atoms with Crippen LogP contribution in [0.3, 0.4) is 0 Å². The molecule has 1 amide bonds. The third-order valence-electron chi connectivity index (χ3n) is 3.34. The summed E-state index contributed by atoms with van der Waals surface area (Å²) in [6, 6.07) is 8.82. The van der Waals surface area contributed by atoms with E-state index < -0.39 is 17.6 Å². The van der Waals surface area contributed by atoms with Crippen molar-refractivity contribution < 1.29 is 27.5 Å². The summed E-state index contributed by atoms with van der Waals surface area (Å²) in [6.07, 6.45) is -3.76. The number of rotatable bonds is 6. The Morgan fingerprint density at radius 3 is 2.54 bits per heavy atom. The van der Waals surface area contributed by atoms with E-state index in [2.05, 4.69) is 15.5 Å². The van der Waals surface area contributed by atoms with E-state index in [0.717, 1.165) is 12.1 Å². The van der Waals surface area contributed by atoms with Crippen LogP contribution in [0.2, 0.25) is 0 Å². The summed E-state index contributed by atoms with van der Waals surface area (Å²) >= 11 is 0. The van der Waals surface area contributed by atoms with Gasteiger partial charge in [0, 0.05) is 24.9 Å². The van der Waals surface area contributed by atoms with Crippen molar-refractivity contribution in [3.05, 3.63) is 59.3 Å². The lowest BCUT2D eigenvalue weighted by Gasteiger charge is -2.12. The maximum atomic E-state index is 12.6. The number of pyridine rings is 1. The number of nitrogens with one attached hydrogen (secondary N) is 1. The number of hydrogen-bond acceptors (Lipinski definition) is 5. The van der Waals surface area contributed by atoms with Crippen molar-refractivity contribution in [2.75, 3.05) is 14.2 Å². The van der Waals surface area contributed by atoms with Gasteiger partial charge in [0.15, 0.2) is 5.71 Å². The molecule has 138 valence electrons. The second kappa shape index (κ2) is 8.32. The maximum absolute atomic E-state index is 12.6. The lowest BCUT2D eigenvalue weighted by molar-refractivity contribution is -0.137. The Morgan fingerprint density at radius 2 is 1.96 bits per heavy atom. The molecule has 0 saturated carbocycles. The molecule has 6 nitrogen and oxygen atoms in total. The van der Waals surface area contributed by atoms with Gasteiger partial charge < -0.3 is 14.9 Å². The summed E-state index contributed by atoms with van der Waals surface area (Å²) in [6.45, 7) is -0.0196. The highest BCUT2D eigenvalue weighted by molar-refractivity contribution is 6.45. The van der Waals surface area contributed by atoms with Crippen LogP contribution in [-0.2, 0) is 22.4 Å². The molecule has 2 aromatic rings. The topological polar surface area (TPSA) is 72.8 Å². The third kappa shape index (κ3) is 4.71. The second-order valence-electron chi connectivity index (χ2n) is 5.03. The smallest absolute Gasteiger partial charge is 0.417 e. The lowest BCUT2D eigenvalue weighted by Crippen LogP contribution is -2.29. The van der Waals surface area contributed by atoms with E-state index in [1.807, 2.05) is 0 Å². The highest BCUT2D eigenvalue weighted by atomic mass is 19.4. The van der Waals surface area contributed by atoms with Gasteiger partial charge in [0.05, 0.1) is 5.56 Å². The minimum absolute atomic E-state index is 0.0196. The monoisotopic (exact) mass is 367 g/mol. The predicted octanol–water partition coefficient (Wildman–Crippen LogP) is 2.78. The molecule has 9 heteroatoms. The SMILES string of the molecule is CNC(=O)/C(=N/OC)c1ccccc1COc1ccc(C(F)(F)F)cn1. The zero-order valence-corrected chi connectivity index (χ0v) is 14.0. The molecule has 2 rings (SSSR count). The Balaban J connectivity index is 2.20. The molecule has 0 aliphatic heterocycles. The zero-order valence-electron chi connectivity index (χ0n) is 14.0. The molecular formula is C17H16F3N3O3. The number of oxime groups is 1. The lowest BCUT2D eigenvalue weighted by atomic mass is 10.0. The number of carbonyl (C=O) groups is 1. The van der Waals surface area contributed by atoms with Gasteiger partial charge in [-0.3, -0.25) is 4.79 Å². The number of hydrogen-bond donors (Lipinski definition) is 1. The highest BCUT2D eigenvalue weighted by Gasteiger charge is 2.30. The van der Waals surface area contributed by atoms with Crippen LogP contribution in [0.5, 0.6) is 5.88 Å². The van der Waals surface area contributed by atoms with E-state index in [4.69, 9.17) is 9.57 Å². The molecule has 0 bridgehead atoms. The van der Waals surface area contributed by atoms with Gasteiger partial charge in [-0.15, -0.1) is 0 Å². The average molecular weight is 367 g/mol. The molecule has 0 aliphatic rings. The molecular weight excluding hydrogens is 351 g/mol. The van der Waals surface area contributed by atoms with E-state index in [9.17, 15) is 18.0 Å². The number of nitrogens with zero attached hydrogens (tertiary/aromatic N) is 2. The van der Waals surface area contributed by atoms with Gasteiger partial charge in [-0.1, -0.05) is 29.4 Å². The minimum atomic E-state index is -4.46. The number of halogens is 3. The molecule has 1 N–H and O–H groups in total. The van der Waals surface area contributed by atoms with E-state index in [1.165, 1.54) is 14.2 Å². The molecule has 0 radical (unpaired) electrons. The minimum Gasteiger partial charge on any atom is -0.473 e. The van der Waals surface area contributed by atoms with Gasteiger partial charge in [0.2, 0.25) is 5.88 Å². The first-order valence-electron chi connectivity index (χ1n) is 7.44. The van der Waals surface area contributed by atoms with Crippen LogP contribution in [0.1, 0.15) is 16.7 Å². The largest absolute Gasteiger partial charge is 0.473 e. The molecule has 26 heavy (non-hydrogen) atoms. The molecule has 0 saturated heterocycles. The van der Waals surface area contributed by atoms with Crippen LogP contribution in [-0.4, -0.2) is 30.8 Å². The fourth-order valence-electron chi connectivity index (χ4n) is 2.08. The number of ether oxygens (including phenoxy) is 1. The predicted molar refractivity (Wildman–Crippen MR) is 87.6 cm³/mol. The number of amides is 1. The standard InChI is InChI=1S/C17H16F3N3O3/c1-21-16(24)15(23-25-2)13-6-4-3-5-11(13)10-26-14-8-7-12(9-22-14)17(18,19)20/h3-9H,10H2,1-2H3,(H,21,24)/b23-15+. The molecule has 1 aromatic heterocycles.